The summed E-state index contributed by atoms with van der Waals surface area (Å²) in [7, 11) is 0. The minimum absolute atomic E-state index is 0.112. The Bertz CT molecular complexity index is 1150. The van der Waals surface area contributed by atoms with Gasteiger partial charge >= 0.3 is 0 Å². The Morgan fingerprint density at radius 3 is 2.30 bits per heavy atom. The maximum atomic E-state index is 12.8. The van der Waals surface area contributed by atoms with Gasteiger partial charge in [-0.2, -0.15) is 0 Å². The quantitative estimate of drug-likeness (QED) is 0.518. The van der Waals surface area contributed by atoms with Crippen molar-refractivity contribution in [3.05, 3.63) is 93.3 Å². The fourth-order valence-corrected chi connectivity index (χ4v) is 5.04. The molecule has 1 unspecified atom stereocenters. The van der Waals surface area contributed by atoms with Crippen LogP contribution in [-0.4, -0.2) is 39.2 Å². The van der Waals surface area contributed by atoms with Gasteiger partial charge in [-0.05, 0) is 45.8 Å². The molecule has 2 aromatic carbocycles. The second-order valence-electron chi connectivity index (χ2n) is 8.99. The molecule has 3 aromatic rings. The Labute approximate surface area is 202 Å². The Morgan fingerprint density at radius 2 is 1.67 bits per heavy atom. The van der Waals surface area contributed by atoms with Crippen molar-refractivity contribution in [1.29, 1.82) is 0 Å². The van der Waals surface area contributed by atoms with E-state index in [9.17, 15) is 14.7 Å². The number of likely N-dealkylation sites (tertiary alicyclic amines) is 1. The van der Waals surface area contributed by atoms with E-state index in [1.807, 2.05) is 65.6 Å². The van der Waals surface area contributed by atoms with Gasteiger partial charge in [0.1, 0.15) is 0 Å². The number of aromatic nitrogens is 1. The fourth-order valence-electron chi connectivity index (χ4n) is 4.45. The van der Waals surface area contributed by atoms with E-state index in [4.69, 9.17) is 0 Å². The van der Waals surface area contributed by atoms with Crippen LogP contribution in [0.5, 0.6) is 0 Å². The number of carbonyl (C=O) groups is 1. The number of nitrogens with zero attached hydrogens (tertiary/aromatic N) is 2. The highest BCUT2D eigenvalue weighted by molar-refractivity contribution is 9.10. The van der Waals surface area contributed by atoms with Gasteiger partial charge in [0.15, 0.2) is 0 Å². The molecule has 1 aliphatic heterocycles. The molecule has 1 fully saturated rings. The minimum atomic E-state index is -1.01. The largest absolute Gasteiger partial charge is 0.388 e. The number of hydrogen-bond donors (Lipinski definition) is 1. The molecule has 33 heavy (non-hydrogen) atoms. The summed E-state index contributed by atoms with van der Waals surface area (Å²) in [6, 6.07) is 21.4. The van der Waals surface area contributed by atoms with Crippen LogP contribution < -0.4 is 5.56 Å². The number of aliphatic hydroxyl groups is 1. The molecule has 1 amide bonds. The lowest BCUT2D eigenvalue weighted by molar-refractivity contribution is -0.136. The van der Waals surface area contributed by atoms with Gasteiger partial charge in [-0.3, -0.25) is 9.59 Å². The number of carbonyl (C=O) groups excluding carboxylic acids is 1. The molecular formula is C27H29BrN2O3. The van der Waals surface area contributed by atoms with E-state index in [1.54, 1.807) is 16.8 Å². The van der Waals surface area contributed by atoms with E-state index in [-0.39, 0.29) is 23.9 Å². The van der Waals surface area contributed by atoms with Crippen molar-refractivity contribution >= 4 is 21.8 Å². The summed E-state index contributed by atoms with van der Waals surface area (Å²) in [6.07, 6.45) is 3.10. The molecule has 0 aliphatic carbocycles. The molecule has 4 rings (SSSR count). The Kier molecular flexibility index (Phi) is 7.15. The zero-order valence-corrected chi connectivity index (χ0v) is 20.4. The summed E-state index contributed by atoms with van der Waals surface area (Å²) in [5.41, 5.74) is 1.78. The van der Waals surface area contributed by atoms with Gasteiger partial charge in [-0.15, -0.1) is 0 Å². The first-order chi connectivity index (χ1) is 15.8. The number of hydrogen-bond acceptors (Lipinski definition) is 3. The summed E-state index contributed by atoms with van der Waals surface area (Å²) < 4.78 is 2.37. The number of halogens is 1. The van der Waals surface area contributed by atoms with Gasteiger partial charge in [-0.1, -0.05) is 67.6 Å². The molecule has 6 heteroatoms. The third kappa shape index (κ3) is 5.63. The molecule has 5 nitrogen and oxygen atoms in total. The van der Waals surface area contributed by atoms with Gasteiger partial charge in [-0.25, -0.2) is 0 Å². The molecule has 172 valence electrons. The average molecular weight is 509 g/mol. The van der Waals surface area contributed by atoms with E-state index in [0.29, 0.717) is 32.4 Å². The van der Waals surface area contributed by atoms with Crippen LogP contribution in [0.1, 0.15) is 37.7 Å². The zero-order valence-electron chi connectivity index (χ0n) is 18.8. The highest BCUT2D eigenvalue weighted by Gasteiger charge is 2.35. The molecule has 1 N–H and O–H groups in total. The van der Waals surface area contributed by atoms with E-state index in [2.05, 4.69) is 22.9 Å². The molecule has 1 aliphatic rings. The van der Waals surface area contributed by atoms with E-state index >= 15 is 0 Å². The summed E-state index contributed by atoms with van der Waals surface area (Å²) in [5.74, 6) is 0.263. The Hall–Kier alpha value is -2.70. The third-order valence-corrected chi connectivity index (χ3v) is 7.16. The number of pyridine rings is 1. The molecule has 1 atom stereocenters. The highest BCUT2D eigenvalue weighted by atomic mass is 79.9. The second-order valence-corrected chi connectivity index (χ2v) is 9.84. The third-order valence-electron chi connectivity index (χ3n) is 6.52. The summed E-state index contributed by atoms with van der Waals surface area (Å²) in [6.45, 7) is 3.27. The summed E-state index contributed by atoms with van der Waals surface area (Å²) >= 11 is 3.58. The Balaban J connectivity index is 1.38. The van der Waals surface area contributed by atoms with Gasteiger partial charge in [0.25, 0.3) is 5.56 Å². The predicted octanol–water partition coefficient (Wildman–Crippen LogP) is 4.83. The van der Waals surface area contributed by atoms with Crippen LogP contribution in [0.3, 0.4) is 0 Å². The van der Waals surface area contributed by atoms with Gasteiger partial charge in [0.2, 0.25) is 5.91 Å². The zero-order chi connectivity index (χ0) is 23.4. The topological polar surface area (TPSA) is 62.5 Å². The first kappa shape index (κ1) is 23.5. The standard InChI is InChI=1S/C27H29BrN2O3/c1-20(21-8-4-2-5-9-21)16-25(31)29-14-12-27(33,13-15-29)19-30-18-24(28)23(17-26(30)32)22-10-6-3-7-11-22/h2-11,17-18,20,33H,12-16,19H2,1H3. The van der Waals surface area contributed by atoms with Crippen molar-refractivity contribution in [3.8, 4) is 11.1 Å². The molecule has 0 saturated carbocycles. The van der Waals surface area contributed by atoms with Gasteiger partial charge < -0.3 is 14.6 Å². The van der Waals surface area contributed by atoms with E-state index in [1.165, 1.54) is 0 Å². The van der Waals surface area contributed by atoms with E-state index in [0.717, 1.165) is 21.2 Å². The van der Waals surface area contributed by atoms with Crippen molar-refractivity contribution in [2.45, 2.75) is 44.2 Å². The minimum Gasteiger partial charge on any atom is -0.388 e. The molecule has 1 saturated heterocycles. The van der Waals surface area contributed by atoms with Crippen LogP contribution in [0.15, 0.2) is 82.2 Å². The SMILES string of the molecule is CC(CC(=O)N1CCC(O)(Cn2cc(Br)c(-c3ccccc3)cc2=O)CC1)c1ccccc1. The number of rotatable bonds is 6. The normalized spacial score (nSPS) is 16.4. The number of benzene rings is 2. The van der Waals surface area contributed by atoms with Crippen molar-refractivity contribution < 1.29 is 9.90 Å². The first-order valence-electron chi connectivity index (χ1n) is 11.4. The molecule has 1 aromatic heterocycles. The van der Waals surface area contributed by atoms with Crippen LogP contribution in [0.4, 0.5) is 0 Å². The first-order valence-corrected chi connectivity index (χ1v) is 12.1. The monoisotopic (exact) mass is 508 g/mol. The average Bonchev–Trinajstić information content (AvgIpc) is 2.82. The maximum Gasteiger partial charge on any atom is 0.251 e. The van der Waals surface area contributed by atoms with Crippen molar-refractivity contribution in [1.82, 2.24) is 9.47 Å². The predicted molar refractivity (Wildman–Crippen MR) is 134 cm³/mol. The Morgan fingerprint density at radius 1 is 1.06 bits per heavy atom. The van der Waals surface area contributed by atoms with Crippen LogP contribution in [-0.2, 0) is 11.3 Å². The summed E-state index contributed by atoms with van der Waals surface area (Å²) in [4.78, 5) is 27.4. The number of amides is 1. The lowest BCUT2D eigenvalue weighted by Crippen LogP contribution is -2.49. The lowest BCUT2D eigenvalue weighted by Gasteiger charge is -2.39. The molecule has 2 heterocycles. The molecule has 0 bridgehead atoms. The van der Waals surface area contributed by atoms with Gasteiger partial charge in [0, 0.05) is 41.8 Å². The molecule has 0 radical (unpaired) electrons. The molecular weight excluding hydrogens is 480 g/mol. The lowest BCUT2D eigenvalue weighted by atomic mass is 9.90. The van der Waals surface area contributed by atoms with Gasteiger partial charge in [0.05, 0.1) is 12.1 Å². The smallest absolute Gasteiger partial charge is 0.251 e. The maximum absolute atomic E-state index is 12.8. The van der Waals surface area contributed by atoms with Crippen LogP contribution in [0.2, 0.25) is 0 Å². The van der Waals surface area contributed by atoms with Crippen LogP contribution in [0.25, 0.3) is 11.1 Å². The van der Waals surface area contributed by atoms with Crippen molar-refractivity contribution in [2.75, 3.05) is 13.1 Å². The fraction of sp³-hybridized carbons (Fsp3) is 0.333. The summed E-state index contributed by atoms with van der Waals surface area (Å²) in [5, 5.41) is 11.2. The van der Waals surface area contributed by atoms with Crippen molar-refractivity contribution in [3.63, 3.8) is 0 Å². The van der Waals surface area contributed by atoms with Crippen LogP contribution in [0, 0.1) is 0 Å². The molecule has 0 spiro atoms. The number of piperidine rings is 1. The highest BCUT2D eigenvalue weighted by Crippen LogP contribution is 2.29. The van der Waals surface area contributed by atoms with Crippen LogP contribution >= 0.6 is 15.9 Å². The van der Waals surface area contributed by atoms with Crippen molar-refractivity contribution in [2.24, 2.45) is 0 Å². The van der Waals surface area contributed by atoms with E-state index < -0.39 is 5.60 Å². The second kappa shape index (κ2) is 10.1.